The van der Waals surface area contributed by atoms with Gasteiger partial charge in [-0.25, -0.2) is 0 Å². The zero-order valence-electron chi connectivity index (χ0n) is 15.8. The van der Waals surface area contributed by atoms with Crippen molar-refractivity contribution in [2.75, 3.05) is 6.61 Å². The number of hydrogen-bond acceptors (Lipinski definition) is 8. The Labute approximate surface area is 157 Å². The molecule has 6 atom stereocenters. The Morgan fingerprint density at radius 3 is 2.15 bits per heavy atom. The number of ketones is 1. The molecule has 150 valence electrons. The number of benzene rings is 1. The third-order valence-electron chi connectivity index (χ3n) is 4.88. The summed E-state index contributed by atoms with van der Waals surface area (Å²) in [5.41, 5.74) is 3.94. The van der Waals surface area contributed by atoms with Gasteiger partial charge in [0, 0.05) is 5.56 Å². The van der Waals surface area contributed by atoms with Crippen molar-refractivity contribution in [3.05, 3.63) is 34.4 Å². The quantitative estimate of drug-likeness (QED) is 0.423. The van der Waals surface area contributed by atoms with E-state index in [1.807, 2.05) is 32.9 Å². The first kappa shape index (κ1) is 21.5. The molecule has 0 spiro atoms. The molecule has 1 heterocycles. The number of carbonyl (C=O) groups is 1. The average molecular weight is 381 g/mol. The first-order valence-corrected chi connectivity index (χ1v) is 8.75. The Balaban J connectivity index is 2.35. The van der Waals surface area contributed by atoms with Gasteiger partial charge < -0.3 is 30.4 Å². The number of aliphatic hydroxyl groups excluding tert-OH is 5. The van der Waals surface area contributed by atoms with Crippen LogP contribution in [0, 0.1) is 26.7 Å². The van der Waals surface area contributed by atoms with E-state index in [0.717, 1.165) is 22.3 Å². The first-order valence-electron chi connectivity index (χ1n) is 8.75. The van der Waals surface area contributed by atoms with Crippen molar-refractivity contribution >= 4 is 11.5 Å². The molecule has 0 saturated heterocycles. The number of hydrogen-bond donors (Lipinski definition) is 5. The smallest absolute Gasteiger partial charge is 0.171 e. The minimum Gasteiger partial charge on any atom is -0.394 e. The molecule has 1 aliphatic rings. The van der Waals surface area contributed by atoms with Crippen LogP contribution < -0.4 is 0 Å². The zero-order valence-corrected chi connectivity index (χ0v) is 15.8. The van der Waals surface area contributed by atoms with Crippen molar-refractivity contribution in [3.8, 4) is 0 Å². The van der Waals surface area contributed by atoms with E-state index in [1.54, 1.807) is 0 Å². The molecular formula is C19H27NO7. The molecule has 0 bridgehead atoms. The summed E-state index contributed by atoms with van der Waals surface area (Å²) < 4.78 is 0. The van der Waals surface area contributed by atoms with E-state index in [2.05, 4.69) is 5.16 Å². The highest BCUT2D eigenvalue weighted by Crippen LogP contribution is 2.31. The lowest BCUT2D eigenvalue weighted by molar-refractivity contribution is -0.155. The van der Waals surface area contributed by atoms with Crippen molar-refractivity contribution in [2.45, 2.75) is 58.2 Å². The zero-order chi connectivity index (χ0) is 20.5. The van der Waals surface area contributed by atoms with Gasteiger partial charge in [-0.3, -0.25) is 4.79 Å². The van der Waals surface area contributed by atoms with Crippen LogP contribution in [0.3, 0.4) is 0 Å². The fraction of sp³-hybridized carbons (Fsp3) is 0.579. The summed E-state index contributed by atoms with van der Waals surface area (Å²) in [6.07, 6.45) is -8.23. The molecule has 0 aliphatic carbocycles. The fourth-order valence-corrected chi connectivity index (χ4v) is 3.59. The highest BCUT2D eigenvalue weighted by atomic mass is 16.7. The predicted molar refractivity (Wildman–Crippen MR) is 97.3 cm³/mol. The number of oxime groups is 1. The minimum absolute atomic E-state index is 0.320. The third kappa shape index (κ3) is 4.20. The van der Waals surface area contributed by atoms with Gasteiger partial charge in [0.1, 0.15) is 41.8 Å². The van der Waals surface area contributed by atoms with Gasteiger partial charge >= 0.3 is 0 Å². The number of carbonyl (C=O) groups excluding carboxylic acids is 1. The molecule has 5 N–H and O–H groups in total. The Morgan fingerprint density at radius 1 is 1.11 bits per heavy atom. The highest BCUT2D eigenvalue weighted by Gasteiger charge is 2.47. The van der Waals surface area contributed by atoms with E-state index in [1.165, 1.54) is 6.92 Å². The van der Waals surface area contributed by atoms with E-state index in [0.29, 0.717) is 5.71 Å². The maximum Gasteiger partial charge on any atom is 0.171 e. The van der Waals surface area contributed by atoms with Crippen LogP contribution in [0.15, 0.2) is 17.3 Å². The van der Waals surface area contributed by atoms with Gasteiger partial charge in [-0.15, -0.1) is 0 Å². The molecule has 0 amide bonds. The summed E-state index contributed by atoms with van der Waals surface area (Å²) in [4.78, 5) is 17.6. The van der Waals surface area contributed by atoms with E-state index >= 15 is 0 Å². The maximum atomic E-state index is 12.3. The van der Waals surface area contributed by atoms with Crippen molar-refractivity contribution in [1.82, 2.24) is 0 Å². The van der Waals surface area contributed by atoms with Gasteiger partial charge in [0.25, 0.3) is 0 Å². The van der Waals surface area contributed by atoms with E-state index in [9.17, 15) is 25.2 Å². The second kappa shape index (κ2) is 8.45. The Morgan fingerprint density at radius 2 is 1.67 bits per heavy atom. The molecule has 0 unspecified atom stereocenters. The lowest BCUT2D eigenvalue weighted by Crippen LogP contribution is -2.52. The molecule has 1 aromatic rings. The second-order valence-corrected chi connectivity index (χ2v) is 7.13. The lowest BCUT2D eigenvalue weighted by Gasteiger charge is -2.30. The Hall–Kier alpha value is -1.84. The molecule has 2 rings (SSSR count). The van der Waals surface area contributed by atoms with E-state index < -0.39 is 43.0 Å². The van der Waals surface area contributed by atoms with Gasteiger partial charge in [0.2, 0.25) is 0 Å². The fourth-order valence-electron chi connectivity index (χ4n) is 3.59. The summed E-state index contributed by atoms with van der Waals surface area (Å²) in [6, 6.07) is 3.89. The number of Topliss-reactive ketones (excluding diaryl/α,β-unsaturated/α-hetero) is 1. The number of aryl methyl sites for hydroxylation is 3. The van der Waals surface area contributed by atoms with E-state index in [-0.39, 0.29) is 5.78 Å². The highest BCUT2D eigenvalue weighted by molar-refractivity contribution is 6.15. The summed E-state index contributed by atoms with van der Waals surface area (Å²) in [5.74, 6) is -1.27. The van der Waals surface area contributed by atoms with Gasteiger partial charge in [-0.2, -0.15) is 0 Å². The predicted octanol–water partition coefficient (Wildman–Crippen LogP) is -0.644. The topological polar surface area (TPSA) is 140 Å². The van der Waals surface area contributed by atoms with Crippen LogP contribution in [-0.4, -0.2) is 74.2 Å². The number of aliphatic hydroxyl groups is 5. The molecule has 0 aromatic heterocycles. The van der Waals surface area contributed by atoms with Gasteiger partial charge in [0.05, 0.1) is 6.61 Å². The molecule has 1 aliphatic heterocycles. The second-order valence-electron chi connectivity index (χ2n) is 7.13. The molecular weight excluding hydrogens is 354 g/mol. The lowest BCUT2D eigenvalue weighted by atomic mass is 9.82. The first-order chi connectivity index (χ1) is 12.6. The largest absolute Gasteiger partial charge is 0.394 e. The Bertz CT molecular complexity index is 710. The number of nitrogens with zero attached hydrogens (tertiary/aromatic N) is 1. The van der Waals surface area contributed by atoms with Crippen LogP contribution in [-0.2, 0) is 9.63 Å². The van der Waals surface area contributed by atoms with Gasteiger partial charge in [0.15, 0.2) is 6.10 Å². The molecule has 27 heavy (non-hydrogen) atoms. The molecule has 1 aromatic carbocycles. The van der Waals surface area contributed by atoms with Gasteiger partial charge in [-0.1, -0.05) is 22.9 Å². The van der Waals surface area contributed by atoms with Crippen LogP contribution >= 0.6 is 0 Å². The molecule has 8 nitrogen and oxygen atoms in total. The number of rotatable bonds is 7. The van der Waals surface area contributed by atoms with Crippen LogP contribution in [0.1, 0.15) is 29.2 Å². The van der Waals surface area contributed by atoms with Gasteiger partial charge in [-0.05, 0) is 38.8 Å². The standard InChI is InChI=1S/C19H27NO7/c1-8-5-9(2)13(10(3)6-8)15-14(11(4)22)19(27-20-15)18(26)17(25)16(24)12(23)7-21/h5-6,12,14,16-19,21,23-26H,7H2,1-4H3/t12-,14+,16+,17+,18-,19+/m1/s1. The molecule has 8 heteroatoms. The molecule has 0 radical (unpaired) electrons. The average Bonchev–Trinajstić information content (AvgIpc) is 3.02. The maximum absolute atomic E-state index is 12.3. The summed E-state index contributed by atoms with van der Waals surface area (Å²) in [6.45, 7) is 6.26. The van der Waals surface area contributed by atoms with Crippen molar-refractivity contribution in [3.63, 3.8) is 0 Å². The normalized spacial score (nSPS) is 24.0. The molecule has 0 saturated carbocycles. The van der Waals surface area contributed by atoms with Crippen molar-refractivity contribution < 1.29 is 35.2 Å². The van der Waals surface area contributed by atoms with Crippen LogP contribution in [0.5, 0.6) is 0 Å². The third-order valence-corrected chi connectivity index (χ3v) is 4.88. The van der Waals surface area contributed by atoms with Crippen LogP contribution in [0.25, 0.3) is 0 Å². The SMILES string of the molecule is CC(=O)[C@H]1C(c2c(C)cc(C)cc2C)=NO[C@@H]1[C@H](O)[C@@H](O)[C@@H](O)[C@H](O)CO. The Kier molecular flexibility index (Phi) is 6.72. The summed E-state index contributed by atoms with van der Waals surface area (Å²) in [7, 11) is 0. The van der Waals surface area contributed by atoms with Crippen molar-refractivity contribution in [1.29, 1.82) is 0 Å². The van der Waals surface area contributed by atoms with Crippen LogP contribution in [0.2, 0.25) is 0 Å². The monoisotopic (exact) mass is 381 g/mol. The van der Waals surface area contributed by atoms with E-state index in [4.69, 9.17) is 9.94 Å². The minimum atomic E-state index is -1.84. The summed E-state index contributed by atoms with van der Waals surface area (Å²) in [5, 5.41) is 52.8. The van der Waals surface area contributed by atoms with Crippen molar-refractivity contribution in [2.24, 2.45) is 11.1 Å². The van der Waals surface area contributed by atoms with Crippen LogP contribution in [0.4, 0.5) is 0 Å². The molecule has 0 fully saturated rings. The summed E-state index contributed by atoms with van der Waals surface area (Å²) >= 11 is 0.